The van der Waals surface area contributed by atoms with E-state index < -0.39 is 14.6 Å². The van der Waals surface area contributed by atoms with Gasteiger partial charge in [0.15, 0.2) is 9.84 Å². The summed E-state index contributed by atoms with van der Waals surface area (Å²) in [5.41, 5.74) is 1.90. The summed E-state index contributed by atoms with van der Waals surface area (Å²) in [6.07, 6.45) is 3.20. The van der Waals surface area contributed by atoms with Gasteiger partial charge >= 0.3 is 0 Å². The maximum Gasteiger partial charge on any atom is 0.155 e. The molecule has 170 valence electrons. The van der Waals surface area contributed by atoms with Crippen molar-refractivity contribution in [3.63, 3.8) is 0 Å². The Hall–Kier alpha value is -1.11. The molecule has 5 nitrogen and oxygen atoms in total. The number of hydrogen-bond donors (Lipinski definition) is 0. The predicted octanol–water partition coefficient (Wildman–Crippen LogP) is 4.84. The summed E-state index contributed by atoms with van der Waals surface area (Å²) in [4.78, 5) is 14.6. The van der Waals surface area contributed by atoms with Gasteiger partial charge in [0.1, 0.15) is 5.78 Å². The standard InChI is InChI=1S/C23H36ClNO4S/c1-17-15-25(16-18(2)29-17)22-11-10-19(14-21(22)24)13-20(26)9-7-6-8-12-30(27,28)23(3,4)5/h10-11,14,17-18H,6-9,12-13,15-16H2,1-5H3/t17-,18+. The first kappa shape index (κ1) is 25.2. The summed E-state index contributed by atoms with van der Waals surface area (Å²) >= 11 is 6.52. The number of Topliss-reactive ketones (excluding diaryl/α,β-unsaturated/α-hetero) is 1. The van der Waals surface area contributed by atoms with Gasteiger partial charge in [0.05, 0.1) is 33.4 Å². The third kappa shape index (κ3) is 7.24. The van der Waals surface area contributed by atoms with Crippen LogP contribution in [0.15, 0.2) is 18.2 Å². The zero-order chi connectivity index (χ0) is 22.5. The number of nitrogens with zero attached hydrogens (tertiary/aromatic N) is 1. The van der Waals surface area contributed by atoms with Crippen LogP contribution in [0, 0.1) is 0 Å². The Bertz CT molecular complexity index is 822. The van der Waals surface area contributed by atoms with Crippen LogP contribution in [0.3, 0.4) is 0 Å². The van der Waals surface area contributed by atoms with Crippen LogP contribution in [0.1, 0.15) is 65.9 Å². The van der Waals surface area contributed by atoms with Crippen LogP contribution in [0.4, 0.5) is 5.69 Å². The second-order valence-corrected chi connectivity index (χ2v) is 12.7. The molecule has 1 saturated heterocycles. The molecule has 1 fully saturated rings. The highest BCUT2D eigenvalue weighted by Crippen LogP contribution is 2.30. The zero-order valence-corrected chi connectivity index (χ0v) is 20.5. The summed E-state index contributed by atoms with van der Waals surface area (Å²) < 4.78 is 29.3. The van der Waals surface area contributed by atoms with Crippen LogP contribution in [-0.4, -0.2) is 50.0 Å². The Morgan fingerprint density at radius 2 is 1.77 bits per heavy atom. The number of ketones is 1. The molecule has 2 atom stereocenters. The molecule has 0 amide bonds. The average Bonchev–Trinajstić information content (AvgIpc) is 2.59. The van der Waals surface area contributed by atoms with Crippen molar-refractivity contribution in [3.05, 3.63) is 28.8 Å². The maximum atomic E-state index is 12.3. The number of ether oxygens (including phenoxy) is 1. The summed E-state index contributed by atoms with van der Waals surface area (Å²) in [7, 11) is -3.08. The Morgan fingerprint density at radius 1 is 1.13 bits per heavy atom. The molecular formula is C23H36ClNO4S. The van der Waals surface area contributed by atoms with E-state index in [1.807, 2.05) is 18.2 Å². The number of hydrogen-bond acceptors (Lipinski definition) is 5. The van der Waals surface area contributed by atoms with Crippen molar-refractivity contribution in [1.29, 1.82) is 0 Å². The molecule has 1 aromatic rings. The first-order chi connectivity index (χ1) is 13.9. The highest BCUT2D eigenvalue weighted by Gasteiger charge is 2.28. The highest BCUT2D eigenvalue weighted by atomic mass is 35.5. The molecule has 1 aromatic carbocycles. The van der Waals surface area contributed by atoms with Crippen LogP contribution >= 0.6 is 11.6 Å². The van der Waals surface area contributed by atoms with E-state index in [2.05, 4.69) is 18.7 Å². The molecule has 1 aliphatic heterocycles. The number of sulfone groups is 1. The molecule has 0 bridgehead atoms. The highest BCUT2D eigenvalue weighted by molar-refractivity contribution is 7.92. The minimum absolute atomic E-state index is 0.157. The van der Waals surface area contributed by atoms with E-state index >= 15 is 0 Å². The minimum Gasteiger partial charge on any atom is -0.372 e. The topological polar surface area (TPSA) is 63.7 Å². The van der Waals surface area contributed by atoms with Gasteiger partial charge in [-0.1, -0.05) is 24.1 Å². The van der Waals surface area contributed by atoms with Gasteiger partial charge in [-0.15, -0.1) is 0 Å². The van der Waals surface area contributed by atoms with Crippen molar-refractivity contribution in [1.82, 2.24) is 0 Å². The Labute approximate surface area is 187 Å². The molecule has 0 N–H and O–H groups in total. The zero-order valence-electron chi connectivity index (χ0n) is 18.9. The van der Waals surface area contributed by atoms with Crippen molar-refractivity contribution >= 4 is 32.9 Å². The molecule has 0 spiro atoms. The molecule has 0 radical (unpaired) electrons. The summed E-state index contributed by atoms with van der Waals surface area (Å²) in [6.45, 7) is 10.9. The molecule has 1 aliphatic rings. The Kier molecular flexibility index (Phi) is 8.78. The van der Waals surface area contributed by atoms with Crippen molar-refractivity contribution in [2.75, 3.05) is 23.7 Å². The van der Waals surface area contributed by atoms with Crippen LogP contribution in [-0.2, 0) is 25.8 Å². The predicted molar refractivity (Wildman–Crippen MR) is 124 cm³/mol. The van der Waals surface area contributed by atoms with E-state index in [1.165, 1.54) is 0 Å². The second-order valence-electron chi connectivity index (χ2n) is 9.41. The third-order valence-electron chi connectivity index (χ3n) is 5.48. The van der Waals surface area contributed by atoms with E-state index in [4.69, 9.17) is 16.3 Å². The monoisotopic (exact) mass is 457 g/mol. The van der Waals surface area contributed by atoms with Gasteiger partial charge in [-0.3, -0.25) is 4.79 Å². The molecule has 0 aliphatic carbocycles. The van der Waals surface area contributed by atoms with Gasteiger partial charge in [0.25, 0.3) is 0 Å². The SMILES string of the molecule is C[C@@H]1CN(c2ccc(CC(=O)CCCCCS(=O)(=O)C(C)(C)C)cc2Cl)C[C@H](C)O1. The molecule has 30 heavy (non-hydrogen) atoms. The lowest BCUT2D eigenvalue weighted by Crippen LogP contribution is -2.45. The normalized spacial score (nSPS) is 20.4. The van der Waals surface area contributed by atoms with Crippen LogP contribution in [0.5, 0.6) is 0 Å². The van der Waals surface area contributed by atoms with E-state index in [1.54, 1.807) is 20.8 Å². The molecule has 0 unspecified atom stereocenters. The summed E-state index contributed by atoms with van der Waals surface area (Å²) in [5, 5.41) is 0.661. The molecule has 0 saturated carbocycles. The molecule has 2 rings (SSSR count). The summed E-state index contributed by atoms with van der Waals surface area (Å²) in [6, 6.07) is 5.85. The number of carbonyl (C=O) groups excluding carboxylic acids is 1. The number of anilines is 1. The first-order valence-electron chi connectivity index (χ1n) is 10.8. The second kappa shape index (κ2) is 10.5. The van der Waals surface area contributed by atoms with E-state index in [9.17, 15) is 13.2 Å². The largest absolute Gasteiger partial charge is 0.372 e. The Balaban J connectivity index is 1.80. The van der Waals surface area contributed by atoms with Gasteiger partial charge in [0.2, 0.25) is 0 Å². The number of morpholine rings is 1. The minimum atomic E-state index is -3.08. The fourth-order valence-corrected chi connectivity index (χ4v) is 5.22. The van der Waals surface area contributed by atoms with E-state index in [0.29, 0.717) is 30.7 Å². The van der Waals surface area contributed by atoms with Crippen molar-refractivity contribution in [2.45, 2.75) is 83.7 Å². The van der Waals surface area contributed by atoms with Crippen molar-refractivity contribution < 1.29 is 17.9 Å². The number of unbranched alkanes of at least 4 members (excludes halogenated alkanes) is 2. The molecule has 1 heterocycles. The number of benzene rings is 1. The van der Waals surface area contributed by atoms with Crippen molar-refractivity contribution in [2.24, 2.45) is 0 Å². The maximum absolute atomic E-state index is 12.3. The van der Waals surface area contributed by atoms with Crippen molar-refractivity contribution in [3.8, 4) is 0 Å². The fraction of sp³-hybridized carbons (Fsp3) is 0.696. The molecule has 7 heteroatoms. The number of rotatable bonds is 9. The Morgan fingerprint density at radius 3 is 2.33 bits per heavy atom. The van der Waals surface area contributed by atoms with Crippen LogP contribution in [0.2, 0.25) is 5.02 Å². The van der Waals surface area contributed by atoms with E-state index in [0.717, 1.165) is 30.8 Å². The van der Waals surface area contributed by atoms with Crippen LogP contribution in [0.25, 0.3) is 0 Å². The third-order valence-corrected chi connectivity index (χ3v) is 8.47. The quantitative estimate of drug-likeness (QED) is 0.496. The average molecular weight is 458 g/mol. The van der Waals surface area contributed by atoms with Gasteiger partial charge in [-0.25, -0.2) is 8.42 Å². The van der Waals surface area contributed by atoms with Gasteiger partial charge in [-0.2, -0.15) is 0 Å². The van der Waals surface area contributed by atoms with E-state index in [-0.39, 0.29) is 23.7 Å². The van der Waals surface area contributed by atoms with Gasteiger partial charge in [-0.05, 0) is 65.2 Å². The van der Waals surface area contributed by atoms with Gasteiger partial charge < -0.3 is 9.64 Å². The lowest BCUT2D eigenvalue weighted by atomic mass is 10.0. The van der Waals surface area contributed by atoms with Crippen LogP contribution < -0.4 is 4.90 Å². The smallest absolute Gasteiger partial charge is 0.155 e. The molecular weight excluding hydrogens is 422 g/mol. The fourth-order valence-electron chi connectivity index (χ4n) is 3.70. The first-order valence-corrected chi connectivity index (χ1v) is 12.8. The van der Waals surface area contributed by atoms with Gasteiger partial charge in [0, 0.05) is 25.9 Å². The summed E-state index contributed by atoms with van der Waals surface area (Å²) in [5.74, 6) is 0.340. The number of carbonyl (C=O) groups is 1. The lowest BCUT2D eigenvalue weighted by Gasteiger charge is -2.37. The number of halogens is 1. The molecule has 0 aromatic heterocycles. The lowest BCUT2D eigenvalue weighted by molar-refractivity contribution is -0.118.